The van der Waals surface area contributed by atoms with Crippen molar-refractivity contribution in [3.05, 3.63) is 59.9 Å². The molecule has 0 bridgehead atoms. The van der Waals surface area contributed by atoms with Gasteiger partial charge in [0.25, 0.3) is 5.91 Å². The van der Waals surface area contributed by atoms with Crippen molar-refractivity contribution in [3.63, 3.8) is 0 Å². The van der Waals surface area contributed by atoms with Crippen LogP contribution in [0.15, 0.2) is 48.8 Å². The number of hydrogen-bond donors (Lipinski definition) is 1. The third-order valence-corrected chi connectivity index (χ3v) is 4.92. The van der Waals surface area contributed by atoms with E-state index in [1.165, 1.54) is 5.56 Å². The molecule has 0 spiro atoms. The minimum atomic E-state index is -0.0409. The predicted molar refractivity (Wildman–Crippen MR) is 97.3 cm³/mol. The third kappa shape index (κ3) is 2.91. The Labute approximate surface area is 146 Å². The summed E-state index contributed by atoms with van der Waals surface area (Å²) in [6.07, 6.45) is 5.94. The summed E-state index contributed by atoms with van der Waals surface area (Å²) in [6, 6.07) is 11.1. The number of ether oxygens (including phenoxy) is 1. The molecule has 0 aliphatic carbocycles. The molecule has 2 aromatic heterocycles. The highest BCUT2D eigenvalue weighted by molar-refractivity contribution is 6.02. The maximum absolute atomic E-state index is 13.0. The van der Waals surface area contributed by atoms with Crippen LogP contribution in [0.3, 0.4) is 0 Å². The number of fused-ring (bicyclic) bond motifs is 1. The van der Waals surface area contributed by atoms with Crippen LogP contribution in [0.1, 0.15) is 34.7 Å². The lowest BCUT2D eigenvalue weighted by Crippen LogP contribution is -2.26. The molecule has 0 radical (unpaired) electrons. The van der Waals surface area contributed by atoms with Crippen molar-refractivity contribution < 1.29 is 9.53 Å². The summed E-state index contributed by atoms with van der Waals surface area (Å²) in [4.78, 5) is 17.6. The molecule has 5 heteroatoms. The maximum Gasteiger partial charge on any atom is 0.262 e. The highest BCUT2D eigenvalue weighted by atomic mass is 16.5. The molecule has 0 unspecified atom stereocenters. The number of benzene rings is 1. The van der Waals surface area contributed by atoms with E-state index in [2.05, 4.69) is 10.3 Å². The Bertz CT molecular complexity index is 893. The van der Waals surface area contributed by atoms with Crippen LogP contribution in [0.25, 0.3) is 11.0 Å². The summed E-state index contributed by atoms with van der Waals surface area (Å²) >= 11 is 0. The lowest BCUT2D eigenvalue weighted by Gasteiger charge is -2.21. The van der Waals surface area contributed by atoms with E-state index in [4.69, 9.17) is 4.74 Å². The van der Waals surface area contributed by atoms with Gasteiger partial charge in [0.2, 0.25) is 0 Å². The second kappa shape index (κ2) is 6.69. The Morgan fingerprint density at radius 3 is 2.68 bits per heavy atom. The number of nitrogens with one attached hydrogen (secondary N) is 1. The summed E-state index contributed by atoms with van der Waals surface area (Å²) in [6.45, 7) is 2.02. The molecule has 1 saturated heterocycles. The monoisotopic (exact) mass is 335 g/mol. The average molecular weight is 335 g/mol. The quantitative estimate of drug-likeness (QED) is 0.798. The minimum Gasteiger partial charge on any atom is -0.497 e. The van der Waals surface area contributed by atoms with E-state index >= 15 is 0 Å². The Hall–Kier alpha value is -2.66. The zero-order chi connectivity index (χ0) is 17.2. The smallest absolute Gasteiger partial charge is 0.262 e. The van der Waals surface area contributed by atoms with Crippen molar-refractivity contribution in [2.24, 2.45) is 0 Å². The van der Waals surface area contributed by atoms with Crippen LogP contribution in [0, 0.1) is 0 Å². The molecule has 1 N–H and O–H groups in total. The molecule has 3 aromatic rings. The van der Waals surface area contributed by atoms with E-state index in [-0.39, 0.29) is 5.91 Å². The Balaban J connectivity index is 1.77. The topological polar surface area (TPSA) is 56.1 Å². The number of carbonyl (C=O) groups excluding carboxylic acids is 1. The van der Waals surface area contributed by atoms with Gasteiger partial charge in [0.15, 0.2) is 0 Å². The predicted octanol–water partition coefficient (Wildman–Crippen LogP) is 3.20. The van der Waals surface area contributed by atoms with E-state index in [9.17, 15) is 4.79 Å². The molecule has 128 valence electrons. The second-order valence-electron chi connectivity index (χ2n) is 6.38. The summed E-state index contributed by atoms with van der Waals surface area (Å²) < 4.78 is 6.91. The second-order valence-corrected chi connectivity index (χ2v) is 6.38. The van der Waals surface area contributed by atoms with E-state index in [0.717, 1.165) is 42.7 Å². The molecule has 4 rings (SSSR count). The molecular formula is C20H21N3O2. The van der Waals surface area contributed by atoms with Crippen LogP contribution in [-0.2, 0) is 0 Å². The van der Waals surface area contributed by atoms with Gasteiger partial charge in [0.05, 0.1) is 18.1 Å². The number of pyridine rings is 1. The zero-order valence-corrected chi connectivity index (χ0v) is 14.2. The Morgan fingerprint density at radius 1 is 1.20 bits per heavy atom. The number of rotatable bonds is 3. The van der Waals surface area contributed by atoms with E-state index in [1.807, 2.05) is 30.5 Å². The Morgan fingerprint density at radius 2 is 1.96 bits per heavy atom. The number of nitrogens with zero attached hydrogens (tertiary/aromatic N) is 2. The molecule has 3 heterocycles. The molecular weight excluding hydrogens is 314 g/mol. The first-order chi connectivity index (χ1) is 12.3. The van der Waals surface area contributed by atoms with Gasteiger partial charge in [-0.3, -0.25) is 14.3 Å². The molecule has 0 saturated carbocycles. The van der Waals surface area contributed by atoms with Gasteiger partial charge in [-0.05, 0) is 73.8 Å². The van der Waals surface area contributed by atoms with Gasteiger partial charge in [-0.2, -0.15) is 0 Å². The zero-order valence-electron chi connectivity index (χ0n) is 14.2. The number of methoxy groups -OCH3 is 1. The fourth-order valence-electron chi connectivity index (χ4n) is 3.56. The molecule has 5 nitrogen and oxygen atoms in total. The highest BCUT2D eigenvalue weighted by Gasteiger charge is 2.23. The molecule has 0 amide bonds. The van der Waals surface area contributed by atoms with Gasteiger partial charge >= 0.3 is 0 Å². The standard InChI is InChI=1S/C20H21N3O2/c1-25-16-6-4-15(5-7-16)20(24)23-13-17(14-8-11-21-12-9-14)19-18(23)3-2-10-22-19/h2-7,10,13-14,21H,8-9,11-12H2,1H3. The molecule has 1 fully saturated rings. The number of piperidine rings is 1. The first kappa shape index (κ1) is 15.8. The molecule has 0 atom stereocenters. The van der Waals surface area contributed by atoms with Crippen LogP contribution in [0.2, 0.25) is 0 Å². The van der Waals surface area contributed by atoms with Gasteiger partial charge in [-0.15, -0.1) is 0 Å². The summed E-state index contributed by atoms with van der Waals surface area (Å²) in [5, 5.41) is 3.39. The van der Waals surface area contributed by atoms with Crippen molar-refractivity contribution in [2.45, 2.75) is 18.8 Å². The largest absolute Gasteiger partial charge is 0.497 e. The van der Waals surface area contributed by atoms with Gasteiger partial charge in [0.1, 0.15) is 5.75 Å². The lowest BCUT2D eigenvalue weighted by atomic mass is 9.91. The van der Waals surface area contributed by atoms with Crippen molar-refractivity contribution in [1.29, 1.82) is 0 Å². The van der Waals surface area contributed by atoms with Gasteiger partial charge in [0, 0.05) is 18.0 Å². The van der Waals surface area contributed by atoms with Crippen LogP contribution in [-0.4, -0.2) is 35.7 Å². The van der Waals surface area contributed by atoms with Crippen molar-refractivity contribution in [1.82, 2.24) is 14.9 Å². The molecule has 1 aliphatic heterocycles. The van der Waals surface area contributed by atoms with E-state index in [0.29, 0.717) is 11.5 Å². The average Bonchev–Trinajstić information content (AvgIpc) is 3.08. The van der Waals surface area contributed by atoms with Crippen molar-refractivity contribution >= 4 is 16.9 Å². The Kier molecular flexibility index (Phi) is 4.24. The molecule has 25 heavy (non-hydrogen) atoms. The summed E-state index contributed by atoms with van der Waals surface area (Å²) in [5.41, 5.74) is 3.63. The van der Waals surface area contributed by atoms with Gasteiger partial charge in [-0.1, -0.05) is 0 Å². The SMILES string of the molecule is COc1ccc(C(=O)n2cc(C3CCNCC3)c3ncccc32)cc1. The molecule has 1 aliphatic rings. The van der Waals surface area contributed by atoms with Crippen LogP contribution in [0.4, 0.5) is 0 Å². The van der Waals surface area contributed by atoms with E-state index in [1.54, 1.807) is 30.0 Å². The van der Waals surface area contributed by atoms with Crippen LogP contribution < -0.4 is 10.1 Å². The summed E-state index contributed by atoms with van der Waals surface area (Å²) in [5.74, 6) is 1.15. The van der Waals surface area contributed by atoms with Gasteiger partial charge in [-0.25, -0.2) is 0 Å². The summed E-state index contributed by atoms with van der Waals surface area (Å²) in [7, 11) is 1.62. The van der Waals surface area contributed by atoms with Crippen molar-refractivity contribution in [2.75, 3.05) is 20.2 Å². The fourth-order valence-corrected chi connectivity index (χ4v) is 3.56. The van der Waals surface area contributed by atoms with Gasteiger partial charge < -0.3 is 10.1 Å². The first-order valence-corrected chi connectivity index (χ1v) is 8.63. The minimum absolute atomic E-state index is 0.0409. The van der Waals surface area contributed by atoms with Crippen molar-refractivity contribution in [3.8, 4) is 5.75 Å². The molecule has 1 aromatic carbocycles. The number of hydrogen-bond acceptors (Lipinski definition) is 4. The van der Waals surface area contributed by atoms with Crippen LogP contribution in [0.5, 0.6) is 5.75 Å². The van der Waals surface area contributed by atoms with E-state index < -0.39 is 0 Å². The number of aromatic nitrogens is 2. The highest BCUT2D eigenvalue weighted by Crippen LogP contribution is 2.32. The lowest BCUT2D eigenvalue weighted by molar-refractivity contribution is 0.0964. The normalized spacial score (nSPS) is 15.4. The first-order valence-electron chi connectivity index (χ1n) is 8.63. The fraction of sp³-hybridized carbons (Fsp3) is 0.300. The number of carbonyl (C=O) groups is 1. The maximum atomic E-state index is 13.0. The third-order valence-electron chi connectivity index (χ3n) is 4.92. The van der Waals surface area contributed by atoms with Crippen LogP contribution >= 0.6 is 0 Å².